The van der Waals surface area contributed by atoms with Gasteiger partial charge in [0.25, 0.3) is 0 Å². The molecule has 84 valence electrons. The minimum absolute atomic E-state index is 0.319. The van der Waals surface area contributed by atoms with Gasteiger partial charge < -0.3 is 14.6 Å². The van der Waals surface area contributed by atoms with E-state index in [1.54, 1.807) is 6.92 Å². The highest BCUT2D eigenvalue weighted by Gasteiger charge is 2.19. The van der Waals surface area contributed by atoms with E-state index in [9.17, 15) is 0 Å². The first-order chi connectivity index (χ1) is 7.24. The summed E-state index contributed by atoms with van der Waals surface area (Å²) in [5, 5.41) is 7.18. The first kappa shape index (κ1) is 10.6. The third-order valence-electron chi connectivity index (χ3n) is 2.59. The van der Waals surface area contributed by atoms with Gasteiger partial charge in [0.1, 0.15) is 6.61 Å². The summed E-state index contributed by atoms with van der Waals surface area (Å²) >= 11 is 0. The standard InChI is InChI=1S/C10H17N3O2/c1-7-5-9(3-4-11-7)14-6-10-12-8(2)15-13-10/h7,9,11H,3-6H2,1-2H3/t7-,9-/m0/s1. The summed E-state index contributed by atoms with van der Waals surface area (Å²) in [6.45, 7) is 5.43. The maximum Gasteiger partial charge on any atom is 0.223 e. The van der Waals surface area contributed by atoms with Gasteiger partial charge in [0, 0.05) is 13.0 Å². The fourth-order valence-corrected chi connectivity index (χ4v) is 1.83. The molecule has 0 aliphatic carbocycles. The van der Waals surface area contributed by atoms with Crippen molar-refractivity contribution in [1.29, 1.82) is 0 Å². The topological polar surface area (TPSA) is 60.2 Å². The molecule has 0 spiro atoms. The smallest absolute Gasteiger partial charge is 0.223 e. The molecule has 1 aromatic heterocycles. The van der Waals surface area contributed by atoms with Gasteiger partial charge in [0.2, 0.25) is 5.89 Å². The van der Waals surface area contributed by atoms with Crippen molar-refractivity contribution < 1.29 is 9.26 Å². The van der Waals surface area contributed by atoms with E-state index in [0.717, 1.165) is 19.4 Å². The van der Waals surface area contributed by atoms with E-state index >= 15 is 0 Å². The van der Waals surface area contributed by atoms with Gasteiger partial charge in [-0.05, 0) is 26.3 Å². The van der Waals surface area contributed by atoms with Gasteiger partial charge in [-0.2, -0.15) is 4.98 Å². The minimum Gasteiger partial charge on any atom is -0.370 e. The minimum atomic E-state index is 0.319. The van der Waals surface area contributed by atoms with Gasteiger partial charge in [0.05, 0.1) is 6.10 Å². The second-order valence-corrected chi connectivity index (χ2v) is 4.04. The van der Waals surface area contributed by atoms with Gasteiger partial charge in [-0.15, -0.1) is 0 Å². The molecule has 1 saturated heterocycles. The molecule has 0 unspecified atom stereocenters. The van der Waals surface area contributed by atoms with Gasteiger partial charge >= 0.3 is 0 Å². The Kier molecular flexibility index (Phi) is 3.33. The second-order valence-electron chi connectivity index (χ2n) is 4.04. The fraction of sp³-hybridized carbons (Fsp3) is 0.800. The SMILES string of the molecule is Cc1nc(CO[C@H]2CCN[C@@H](C)C2)no1. The van der Waals surface area contributed by atoms with E-state index in [-0.39, 0.29) is 0 Å². The Morgan fingerprint density at radius 3 is 3.13 bits per heavy atom. The van der Waals surface area contributed by atoms with Gasteiger partial charge in [-0.1, -0.05) is 5.16 Å². The van der Waals surface area contributed by atoms with Crippen LogP contribution in [0.3, 0.4) is 0 Å². The third kappa shape index (κ3) is 3.00. The summed E-state index contributed by atoms with van der Waals surface area (Å²) in [6, 6.07) is 0.538. The van der Waals surface area contributed by atoms with Crippen LogP contribution in [0.15, 0.2) is 4.52 Å². The fourth-order valence-electron chi connectivity index (χ4n) is 1.83. The van der Waals surface area contributed by atoms with Crippen LogP contribution < -0.4 is 5.32 Å². The lowest BCUT2D eigenvalue weighted by molar-refractivity contribution is 0.00870. The number of nitrogens with one attached hydrogen (secondary N) is 1. The molecule has 0 radical (unpaired) electrons. The highest BCUT2D eigenvalue weighted by Crippen LogP contribution is 2.13. The lowest BCUT2D eigenvalue weighted by atomic mass is 10.0. The van der Waals surface area contributed by atoms with Gasteiger partial charge in [0.15, 0.2) is 5.82 Å². The van der Waals surface area contributed by atoms with E-state index < -0.39 is 0 Å². The van der Waals surface area contributed by atoms with Crippen LogP contribution in [0.2, 0.25) is 0 Å². The van der Waals surface area contributed by atoms with Crippen molar-refractivity contribution in [2.75, 3.05) is 6.54 Å². The molecule has 1 fully saturated rings. The number of rotatable bonds is 3. The average Bonchev–Trinajstić information content (AvgIpc) is 2.62. The van der Waals surface area contributed by atoms with E-state index in [1.807, 2.05) is 0 Å². The Hall–Kier alpha value is -0.940. The Morgan fingerprint density at radius 1 is 1.60 bits per heavy atom. The second kappa shape index (κ2) is 4.72. The van der Waals surface area contributed by atoms with Crippen LogP contribution >= 0.6 is 0 Å². The van der Waals surface area contributed by atoms with E-state index in [1.165, 1.54) is 0 Å². The number of aryl methyl sites for hydroxylation is 1. The molecule has 2 rings (SSSR count). The van der Waals surface area contributed by atoms with Crippen LogP contribution in [0.1, 0.15) is 31.5 Å². The quantitative estimate of drug-likeness (QED) is 0.809. The van der Waals surface area contributed by atoms with Crippen molar-refractivity contribution in [3.8, 4) is 0 Å². The van der Waals surface area contributed by atoms with Crippen molar-refractivity contribution in [3.63, 3.8) is 0 Å². The molecule has 2 heterocycles. The molecule has 1 aliphatic rings. The summed E-state index contributed by atoms with van der Waals surface area (Å²) in [6.07, 6.45) is 2.43. The summed E-state index contributed by atoms with van der Waals surface area (Å²) in [4.78, 5) is 4.10. The van der Waals surface area contributed by atoms with E-state index in [0.29, 0.717) is 30.5 Å². The van der Waals surface area contributed by atoms with Crippen LogP contribution in [-0.2, 0) is 11.3 Å². The lowest BCUT2D eigenvalue weighted by Crippen LogP contribution is -2.39. The number of hydrogen-bond acceptors (Lipinski definition) is 5. The van der Waals surface area contributed by atoms with Crippen LogP contribution in [-0.4, -0.2) is 28.8 Å². The van der Waals surface area contributed by atoms with Crippen LogP contribution in [0.25, 0.3) is 0 Å². The Balaban J connectivity index is 1.77. The number of piperidine rings is 1. The lowest BCUT2D eigenvalue weighted by Gasteiger charge is -2.27. The molecule has 0 amide bonds. The first-order valence-corrected chi connectivity index (χ1v) is 5.38. The van der Waals surface area contributed by atoms with Crippen molar-refractivity contribution in [1.82, 2.24) is 15.5 Å². The maximum atomic E-state index is 5.73. The molecule has 0 aromatic carbocycles. The highest BCUT2D eigenvalue weighted by molar-refractivity contribution is 4.82. The number of aromatic nitrogens is 2. The molecule has 1 N–H and O–H groups in total. The van der Waals surface area contributed by atoms with E-state index in [2.05, 4.69) is 22.4 Å². The molecular formula is C10H17N3O2. The van der Waals surface area contributed by atoms with Crippen molar-refractivity contribution in [3.05, 3.63) is 11.7 Å². The Labute approximate surface area is 89.2 Å². The number of nitrogens with zero attached hydrogens (tertiary/aromatic N) is 2. The summed E-state index contributed by atoms with van der Waals surface area (Å²) in [5.74, 6) is 1.23. The van der Waals surface area contributed by atoms with Crippen molar-refractivity contribution >= 4 is 0 Å². The molecule has 15 heavy (non-hydrogen) atoms. The molecule has 0 bridgehead atoms. The highest BCUT2D eigenvalue weighted by atomic mass is 16.5. The van der Waals surface area contributed by atoms with Crippen LogP contribution in [0.5, 0.6) is 0 Å². The molecule has 1 aromatic rings. The summed E-state index contributed by atoms with van der Waals surface area (Å²) in [7, 11) is 0. The zero-order valence-corrected chi connectivity index (χ0v) is 9.19. The van der Waals surface area contributed by atoms with Crippen LogP contribution in [0, 0.1) is 6.92 Å². The van der Waals surface area contributed by atoms with Crippen molar-refractivity contribution in [2.45, 2.75) is 45.4 Å². The molecular weight excluding hydrogens is 194 g/mol. The maximum absolute atomic E-state index is 5.73. The molecule has 2 atom stereocenters. The molecule has 5 nitrogen and oxygen atoms in total. The molecule has 0 saturated carbocycles. The zero-order valence-electron chi connectivity index (χ0n) is 9.19. The predicted molar refractivity (Wildman–Crippen MR) is 54.3 cm³/mol. The predicted octanol–water partition coefficient (Wildman–Crippen LogP) is 1.04. The zero-order chi connectivity index (χ0) is 10.7. The Bertz CT molecular complexity index is 313. The summed E-state index contributed by atoms with van der Waals surface area (Å²) < 4.78 is 10.6. The van der Waals surface area contributed by atoms with Gasteiger partial charge in [-0.25, -0.2) is 0 Å². The monoisotopic (exact) mass is 211 g/mol. The number of ether oxygens (including phenoxy) is 1. The van der Waals surface area contributed by atoms with Crippen LogP contribution in [0.4, 0.5) is 0 Å². The molecule has 5 heteroatoms. The average molecular weight is 211 g/mol. The first-order valence-electron chi connectivity index (χ1n) is 5.38. The number of hydrogen-bond donors (Lipinski definition) is 1. The Morgan fingerprint density at radius 2 is 2.47 bits per heavy atom. The normalized spacial score (nSPS) is 26.8. The largest absolute Gasteiger partial charge is 0.370 e. The van der Waals surface area contributed by atoms with E-state index in [4.69, 9.17) is 9.26 Å². The summed E-state index contributed by atoms with van der Waals surface area (Å²) in [5.41, 5.74) is 0. The molecule has 1 aliphatic heterocycles. The van der Waals surface area contributed by atoms with Crippen molar-refractivity contribution in [2.24, 2.45) is 0 Å². The van der Waals surface area contributed by atoms with Gasteiger partial charge in [-0.3, -0.25) is 0 Å². The third-order valence-corrected chi connectivity index (χ3v) is 2.59.